The van der Waals surface area contributed by atoms with Gasteiger partial charge in [-0.3, -0.25) is 0 Å². The molecule has 0 spiro atoms. The van der Waals surface area contributed by atoms with E-state index in [-0.39, 0.29) is 5.39 Å². The van der Waals surface area contributed by atoms with Gasteiger partial charge in [-0.25, -0.2) is 8.78 Å². The molecule has 68 valence electrons. The molecule has 0 aliphatic heterocycles. The van der Waals surface area contributed by atoms with Crippen LogP contribution < -0.4 is 0 Å². The van der Waals surface area contributed by atoms with Gasteiger partial charge in [0.25, 0.3) is 0 Å². The lowest BCUT2D eigenvalue weighted by Gasteiger charge is -1.95. The number of halogens is 3. The second-order valence-corrected chi connectivity index (χ2v) is 3.61. The largest absolute Gasteiger partial charge is 0.460 e. The van der Waals surface area contributed by atoms with Crippen molar-refractivity contribution in [2.45, 2.75) is 6.92 Å². The molecule has 0 amide bonds. The van der Waals surface area contributed by atoms with E-state index in [4.69, 9.17) is 4.42 Å². The molecule has 1 heterocycles. The first-order chi connectivity index (χ1) is 6.09. The first kappa shape index (κ1) is 8.69. The van der Waals surface area contributed by atoms with Crippen LogP contribution in [0.2, 0.25) is 0 Å². The summed E-state index contributed by atoms with van der Waals surface area (Å²) in [5.41, 5.74) is 0.344. The molecule has 2 rings (SSSR count). The zero-order valence-electron chi connectivity index (χ0n) is 6.70. The second kappa shape index (κ2) is 2.80. The van der Waals surface area contributed by atoms with Crippen LogP contribution in [0.3, 0.4) is 0 Å². The number of fused-ring (bicyclic) bond motifs is 1. The minimum atomic E-state index is -0.875. The van der Waals surface area contributed by atoms with Crippen LogP contribution in [0.15, 0.2) is 21.0 Å². The van der Waals surface area contributed by atoms with E-state index >= 15 is 0 Å². The van der Waals surface area contributed by atoms with Crippen molar-refractivity contribution in [1.82, 2.24) is 0 Å². The van der Waals surface area contributed by atoms with E-state index in [1.165, 1.54) is 6.07 Å². The summed E-state index contributed by atoms with van der Waals surface area (Å²) >= 11 is 3.09. The first-order valence-electron chi connectivity index (χ1n) is 3.63. The van der Waals surface area contributed by atoms with Gasteiger partial charge in [0, 0.05) is 0 Å². The van der Waals surface area contributed by atoms with E-state index < -0.39 is 11.6 Å². The van der Waals surface area contributed by atoms with Crippen LogP contribution in [0.4, 0.5) is 8.78 Å². The van der Waals surface area contributed by atoms with Crippen LogP contribution in [-0.2, 0) is 0 Å². The Hall–Kier alpha value is -0.900. The highest BCUT2D eigenvalue weighted by molar-refractivity contribution is 9.10. The zero-order valence-corrected chi connectivity index (χ0v) is 8.28. The third kappa shape index (κ3) is 1.25. The molecule has 1 nitrogen and oxygen atoms in total. The third-order valence-electron chi connectivity index (χ3n) is 1.77. The Kier molecular flexibility index (Phi) is 1.87. The van der Waals surface area contributed by atoms with Gasteiger partial charge in [-0.2, -0.15) is 0 Å². The van der Waals surface area contributed by atoms with Gasteiger partial charge in [0.15, 0.2) is 17.2 Å². The van der Waals surface area contributed by atoms with Crippen molar-refractivity contribution in [2.24, 2.45) is 0 Å². The summed E-state index contributed by atoms with van der Waals surface area (Å²) in [7, 11) is 0. The van der Waals surface area contributed by atoms with Crippen molar-refractivity contribution in [1.29, 1.82) is 0 Å². The summed E-state index contributed by atoms with van der Waals surface area (Å²) < 4.78 is 31.6. The zero-order chi connectivity index (χ0) is 9.59. The average Bonchev–Trinajstić information content (AvgIpc) is 2.44. The highest BCUT2D eigenvalue weighted by Gasteiger charge is 2.14. The molecule has 0 bridgehead atoms. The van der Waals surface area contributed by atoms with E-state index in [2.05, 4.69) is 15.9 Å². The van der Waals surface area contributed by atoms with E-state index in [0.717, 1.165) is 6.07 Å². The summed E-state index contributed by atoms with van der Waals surface area (Å²) in [5.74, 6) is -1.18. The standard InChI is InChI=1S/C9H5BrF2O/c1-4-2-5-8(12)7(11)3-6(10)9(5)13-4/h2-3H,1H3. The average molecular weight is 247 g/mol. The van der Waals surface area contributed by atoms with E-state index in [1.807, 2.05) is 0 Å². The molecule has 0 radical (unpaired) electrons. The maximum atomic E-state index is 13.1. The monoisotopic (exact) mass is 246 g/mol. The van der Waals surface area contributed by atoms with Crippen molar-refractivity contribution < 1.29 is 13.2 Å². The fourth-order valence-electron chi connectivity index (χ4n) is 1.22. The molecule has 0 aliphatic carbocycles. The summed E-state index contributed by atoms with van der Waals surface area (Å²) in [6, 6.07) is 2.53. The molecule has 0 unspecified atom stereocenters. The summed E-state index contributed by atoms with van der Waals surface area (Å²) in [6.45, 7) is 1.68. The molecule has 0 saturated carbocycles. The predicted octanol–water partition coefficient (Wildman–Crippen LogP) is 3.78. The molecule has 2 aromatic rings. The SMILES string of the molecule is Cc1cc2c(F)c(F)cc(Br)c2o1. The molecule has 4 heteroatoms. The molecule has 13 heavy (non-hydrogen) atoms. The van der Waals surface area contributed by atoms with Gasteiger partial charge in [0.2, 0.25) is 0 Å². The molecule has 0 fully saturated rings. The summed E-state index contributed by atoms with van der Waals surface area (Å²) in [6.07, 6.45) is 0. The van der Waals surface area contributed by atoms with Crippen molar-refractivity contribution in [3.8, 4) is 0 Å². The number of furan rings is 1. The van der Waals surface area contributed by atoms with E-state index in [1.54, 1.807) is 6.92 Å². The topological polar surface area (TPSA) is 13.1 Å². The molecular formula is C9H5BrF2O. The van der Waals surface area contributed by atoms with Crippen LogP contribution in [0.25, 0.3) is 11.0 Å². The van der Waals surface area contributed by atoms with Crippen molar-refractivity contribution >= 4 is 26.9 Å². The van der Waals surface area contributed by atoms with Crippen molar-refractivity contribution in [3.63, 3.8) is 0 Å². The van der Waals surface area contributed by atoms with Gasteiger partial charge < -0.3 is 4.42 Å². The normalized spacial score (nSPS) is 11.1. The van der Waals surface area contributed by atoms with Crippen molar-refractivity contribution in [3.05, 3.63) is 34.0 Å². The fraction of sp³-hybridized carbons (Fsp3) is 0.111. The lowest BCUT2D eigenvalue weighted by Crippen LogP contribution is -1.83. The van der Waals surface area contributed by atoms with Crippen molar-refractivity contribution in [2.75, 3.05) is 0 Å². The Bertz CT molecular complexity index is 476. The Morgan fingerprint density at radius 2 is 2.00 bits per heavy atom. The van der Waals surface area contributed by atoms with E-state index in [0.29, 0.717) is 15.8 Å². The quantitative estimate of drug-likeness (QED) is 0.645. The van der Waals surface area contributed by atoms with E-state index in [9.17, 15) is 8.78 Å². The van der Waals surface area contributed by atoms with Crippen LogP contribution in [0.1, 0.15) is 5.76 Å². The maximum Gasteiger partial charge on any atom is 0.169 e. The van der Waals surface area contributed by atoms with Crippen LogP contribution in [0.5, 0.6) is 0 Å². The Morgan fingerprint density at radius 3 is 2.69 bits per heavy atom. The number of rotatable bonds is 0. The molecule has 0 saturated heterocycles. The minimum Gasteiger partial charge on any atom is -0.460 e. The lowest BCUT2D eigenvalue weighted by molar-refractivity contribution is 0.513. The lowest BCUT2D eigenvalue weighted by atomic mass is 10.2. The smallest absolute Gasteiger partial charge is 0.169 e. The van der Waals surface area contributed by atoms with Gasteiger partial charge in [0.1, 0.15) is 5.76 Å². The maximum absolute atomic E-state index is 13.1. The molecule has 0 N–H and O–H groups in total. The first-order valence-corrected chi connectivity index (χ1v) is 4.42. The molecule has 0 aliphatic rings. The minimum absolute atomic E-state index is 0.171. The highest BCUT2D eigenvalue weighted by atomic mass is 79.9. The fourth-order valence-corrected chi connectivity index (χ4v) is 1.72. The van der Waals surface area contributed by atoms with Gasteiger partial charge in [-0.05, 0) is 35.0 Å². The number of hydrogen-bond donors (Lipinski definition) is 0. The Morgan fingerprint density at radius 1 is 1.31 bits per heavy atom. The van der Waals surface area contributed by atoms with Gasteiger partial charge >= 0.3 is 0 Å². The summed E-state index contributed by atoms with van der Waals surface area (Å²) in [4.78, 5) is 0. The molecule has 0 atom stereocenters. The third-order valence-corrected chi connectivity index (χ3v) is 2.36. The van der Waals surface area contributed by atoms with Crippen LogP contribution in [0, 0.1) is 18.6 Å². The van der Waals surface area contributed by atoms with Gasteiger partial charge in [-0.15, -0.1) is 0 Å². The van der Waals surface area contributed by atoms with Gasteiger partial charge in [-0.1, -0.05) is 0 Å². The number of benzene rings is 1. The Labute approximate surface area is 81.5 Å². The second-order valence-electron chi connectivity index (χ2n) is 2.75. The van der Waals surface area contributed by atoms with Crippen LogP contribution >= 0.6 is 15.9 Å². The molecule has 1 aromatic carbocycles. The van der Waals surface area contributed by atoms with Crippen LogP contribution in [-0.4, -0.2) is 0 Å². The number of aryl methyl sites for hydroxylation is 1. The Balaban J connectivity index is 2.95. The van der Waals surface area contributed by atoms with Gasteiger partial charge in [0.05, 0.1) is 9.86 Å². The predicted molar refractivity (Wildman–Crippen MR) is 48.6 cm³/mol. The molecular weight excluding hydrogens is 242 g/mol. The highest BCUT2D eigenvalue weighted by Crippen LogP contribution is 2.30. The summed E-state index contributed by atoms with van der Waals surface area (Å²) in [5, 5.41) is 0.171. The number of hydrogen-bond acceptors (Lipinski definition) is 1. The molecule has 1 aromatic heterocycles.